The molecule has 3 heteroatoms. The molecule has 3 nitrogen and oxygen atoms in total. The molecule has 0 aromatic rings. The molecule has 0 heterocycles. The summed E-state index contributed by atoms with van der Waals surface area (Å²) in [5.41, 5.74) is 9.65. The molecule has 0 saturated heterocycles. The van der Waals surface area contributed by atoms with Crippen LogP contribution in [0.5, 0.6) is 0 Å². The molecule has 0 bridgehead atoms. The average Bonchev–Trinajstić information content (AvgIpc) is 1.35. The predicted molar refractivity (Wildman–Crippen MR) is 24.0 cm³/mol. The van der Waals surface area contributed by atoms with Gasteiger partial charge in [0.15, 0.2) is 5.88 Å². The highest BCUT2D eigenvalue weighted by atomic mass is 16.3. The zero-order valence-electron chi connectivity index (χ0n) is 3.39. The van der Waals surface area contributed by atoms with Gasteiger partial charge in [-0.3, -0.25) is 0 Å². The molecule has 0 aliphatic heterocycles. The monoisotopic (exact) mass is 88.1 g/mol. The first-order chi connectivity index (χ1) is 2.77. The smallest absolute Gasteiger partial charge is 0.178 e. The maximum atomic E-state index is 8.11. The normalized spacial score (nSPS) is 11.8. The van der Waals surface area contributed by atoms with Crippen LogP contribution in [0, 0.1) is 0 Å². The Morgan fingerprint density at radius 2 is 2.33 bits per heavy atom. The van der Waals surface area contributed by atoms with Gasteiger partial charge in [-0.05, 0) is 6.08 Å². The highest BCUT2D eigenvalue weighted by Gasteiger charge is 1.70. The summed E-state index contributed by atoms with van der Waals surface area (Å²) in [7, 11) is 0. The molecule has 0 rings (SSSR count). The molecular formula is C3H8N2O. The van der Waals surface area contributed by atoms with Crippen LogP contribution in [0.1, 0.15) is 0 Å². The Hall–Kier alpha value is -0.700. The van der Waals surface area contributed by atoms with Crippen LogP contribution in [-0.2, 0) is 0 Å². The molecule has 0 fully saturated rings. The van der Waals surface area contributed by atoms with Crippen molar-refractivity contribution in [1.29, 1.82) is 0 Å². The Kier molecular flexibility index (Phi) is 2.24. The first kappa shape index (κ1) is 5.30. The van der Waals surface area contributed by atoms with Crippen molar-refractivity contribution in [2.45, 2.75) is 0 Å². The number of hydrogen-bond donors (Lipinski definition) is 3. The van der Waals surface area contributed by atoms with Gasteiger partial charge in [0.25, 0.3) is 0 Å². The molecule has 36 valence electrons. The maximum Gasteiger partial charge on any atom is 0.178 e. The van der Waals surface area contributed by atoms with E-state index in [1.54, 1.807) is 0 Å². The lowest BCUT2D eigenvalue weighted by atomic mass is 10.6. The van der Waals surface area contributed by atoms with Gasteiger partial charge in [0.05, 0.1) is 0 Å². The van der Waals surface area contributed by atoms with Gasteiger partial charge in [0.2, 0.25) is 0 Å². The second kappa shape index (κ2) is 2.53. The average molecular weight is 88.1 g/mol. The number of aliphatic hydroxyl groups excluding tert-OH is 1. The first-order valence-electron chi connectivity index (χ1n) is 1.62. The summed E-state index contributed by atoms with van der Waals surface area (Å²) in [4.78, 5) is 0. The van der Waals surface area contributed by atoms with Gasteiger partial charge in [-0.15, -0.1) is 0 Å². The van der Waals surface area contributed by atoms with Crippen LogP contribution in [0.25, 0.3) is 0 Å². The van der Waals surface area contributed by atoms with Crippen LogP contribution in [0.4, 0.5) is 0 Å². The molecule has 0 saturated carbocycles. The molecule has 0 aliphatic rings. The van der Waals surface area contributed by atoms with E-state index in [2.05, 4.69) is 0 Å². The lowest BCUT2D eigenvalue weighted by molar-refractivity contribution is 0.404. The van der Waals surface area contributed by atoms with Crippen molar-refractivity contribution >= 4 is 0 Å². The molecule has 6 heavy (non-hydrogen) atoms. The van der Waals surface area contributed by atoms with Crippen molar-refractivity contribution in [3.8, 4) is 0 Å². The van der Waals surface area contributed by atoms with Crippen LogP contribution >= 0.6 is 0 Å². The number of rotatable bonds is 1. The summed E-state index contributed by atoms with van der Waals surface area (Å²) in [6.07, 6.45) is 1.32. The van der Waals surface area contributed by atoms with E-state index >= 15 is 0 Å². The van der Waals surface area contributed by atoms with Gasteiger partial charge in [0.1, 0.15) is 0 Å². The largest absolute Gasteiger partial charge is 0.495 e. The zero-order valence-corrected chi connectivity index (χ0v) is 3.39. The summed E-state index contributed by atoms with van der Waals surface area (Å²) < 4.78 is 0. The molecule has 0 aromatic carbocycles. The van der Waals surface area contributed by atoms with Gasteiger partial charge < -0.3 is 16.6 Å². The highest BCUT2D eigenvalue weighted by Crippen LogP contribution is 1.65. The van der Waals surface area contributed by atoms with Crippen molar-refractivity contribution in [3.63, 3.8) is 0 Å². The number of aliphatic hydroxyl groups is 1. The van der Waals surface area contributed by atoms with Crippen LogP contribution in [-0.4, -0.2) is 11.7 Å². The summed E-state index contributed by atoms with van der Waals surface area (Å²) >= 11 is 0. The highest BCUT2D eigenvalue weighted by molar-refractivity contribution is 4.84. The Balaban J connectivity index is 3.14. The van der Waals surface area contributed by atoms with Gasteiger partial charge in [-0.1, -0.05) is 0 Å². The van der Waals surface area contributed by atoms with Crippen molar-refractivity contribution < 1.29 is 5.11 Å². The molecule has 0 radical (unpaired) electrons. The minimum absolute atomic E-state index is 0.211. The molecular weight excluding hydrogens is 80.0 g/mol. The van der Waals surface area contributed by atoms with E-state index in [0.29, 0.717) is 6.54 Å². The second-order valence-electron chi connectivity index (χ2n) is 0.865. The van der Waals surface area contributed by atoms with E-state index in [1.165, 1.54) is 6.08 Å². The molecule has 5 N–H and O–H groups in total. The molecule has 0 aliphatic carbocycles. The minimum Gasteiger partial charge on any atom is -0.495 e. The van der Waals surface area contributed by atoms with E-state index in [0.717, 1.165) is 0 Å². The third kappa shape index (κ3) is 3.30. The maximum absolute atomic E-state index is 8.11. The third-order valence-electron chi connectivity index (χ3n) is 0.327. The second-order valence-corrected chi connectivity index (χ2v) is 0.865. The van der Waals surface area contributed by atoms with Crippen LogP contribution < -0.4 is 11.5 Å². The van der Waals surface area contributed by atoms with E-state index in [9.17, 15) is 0 Å². The van der Waals surface area contributed by atoms with Crippen LogP contribution in [0.3, 0.4) is 0 Å². The molecule has 0 aromatic heterocycles. The summed E-state index contributed by atoms with van der Waals surface area (Å²) in [5, 5.41) is 8.11. The lowest BCUT2D eigenvalue weighted by Gasteiger charge is -1.81. The summed E-state index contributed by atoms with van der Waals surface area (Å²) in [5.74, 6) is -0.211. The fourth-order valence-electron chi connectivity index (χ4n) is 0.121. The Morgan fingerprint density at radius 1 is 1.83 bits per heavy atom. The van der Waals surface area contributed by atoms with E-state index in [4.69, 9.17) is 16.6 Å². The lowest BCUT2D eigenvalue weighted by Crippen LogP contribution is -2.00. The van der Waals surface area contributed by atoms with Crippen molar-refractivity contribution in [3.05, 3.63) is 12.0 Å². The number of nitrogens with two attached hydrogens (primary N) is 2. The Bertz CT molecular complexity index is 55.8. The van der Waals surface area contributed by atoms with Gasteiger partial charge in [-0.25, -0.2) is 0 Å². The van der Waals surface area contributed by atoms with Crippen LogP contribution in [0.15, 0.2) is 12.0 Å². The third-order valence-corrected chi connectivity index (χ3v) is 0.327. The number of hydrogen-bond acceptors (Lipinski definition) is 3. The minimum atomic E-state index is -0.211. The molecule has 0 spiro atoms. The molecule has 0 atom stereocenters. The molecule has 0 amide bonds. The van der Waals surface area contributed by atoms with Gasteiger partial charge in [0, 0.05) is 6.54 Å². The topological polar surface area (TPSA) is 72.3 Å². The van der Waals surface area contributed by atoms with Gasteiger partial charge >= 0.3 is 0 Å². The van der Waals surface area contributed by atoms with Crippen LogP contribution in [0.2, 0.25) is 0 Å². The van der Waals surface area contributed by atoms with E-state index < -0.39 is 0 Å². The summed E-state index contributed by atoms with van der Waals surface area (Å²) in [6.45, 7) is 0.294. The van der Waals surface area contributed by atoms with Crippen molar-refractivity contribution in [2.75, 3.05) is 6.54 Å². The van der Waals surface area contributed by atoms with Crippen molar-refractivity contribution in [1.82, 2.24) is 0 Å². The predicted octanol–water partition coefficient (Wildman–Crippen LogP) is -0.697. The quantitative estimate of drug-likeness (QED) is 0.371. The fourth-order valence-corrected chi connectivity index (χ4v) is 0.121. The molecule has 0 unspecified atom stereocenters. The van der Waals surface area contributed by atoms with Crippen molar-refractivity contribution in [2.24, 2.45) is 11.5 Å². The van der Waals surface area contributed by atoms with Gasteiger partial charge in [-0.2, -0.15) is 0 Å². The zero-order chi connectivity index (χ0) is 4.99. The van der Waals surface area contributed by atoms with E-state index in [1.807, 2.05) is 0 Å². The SMILES string of the molecule is NC/C=C(\N)O. The standard InChI is InChI=1S/C3H8N2O/c4-2-1-3(5)6/h1,6H,2,4-5H2/b3-1+. The fraction of sp³-hybridized carbons (Fsp3) is 0.333. The first-order valence-corrected chi connectivity index (χ1v) is 1.62. The summed E-state index contributed by atoms with van der Waals surface area (Å²) in [6, 6.07) is 0. The Morgan fingerprint density at radius 3 is 2.33 bits per heavy atom. The Labute approximate surface area is 36.3 Å². The van der Waals surface area contributed by atoms with E-state index in [-0.39, 0.29) is 5.88 Å².